The third-order valence-electron chi connectivity index (χ3n) is 1.45. The molecule has 0 saturated carbocycles. The summed E-state index contributed by atoms with van der Waals surface area (Å²) in [4.78, 5) is 2.70. The summed E-state index contributed by atoms with van der Waals surface area (Å²) < 4.78 is 0. The number of hydrogen-bond acceptors (Lipinski definition) is 2. The smallest absolute Gasteiger partial charge is 0.0265 e. The fourth-order valence-corrected chi connectivity index (χ4v) is 1.88. The highest BCUT2D eigenvalue weighted by Gasteiger charge is 1.93. The van der Waals surface area contributed by atoms with Gasteiger partial charge in [-0.05, 0) is 35.8 Å². The summed E-state index contributed by atoms with van der Waals surface area (Å²) in [5.74, 6) is 3.15. The molecule has 0 aromatic rings. The first kappa shape index (κ1) is 11.7. The van der Waals surface area contributed by atoms with Crippen LogP contribution in [0, 0.1) is 5.92 Å². The Bertz CT molecular complexity index is 141. The van der Waals surface area contributed by atoms with Gasteiger partial charge in [0.1, 0.15) is 0 Å². The van der Waals surface area contributed by atoms with Crippen LogP contribution in [-0.4, -0.2) is 18.1 Å². The van der Waals surface area contributed by atoms with E-state index >= 15 is 0 Å². The van der Waals surface area contributed by atoms with Crippen molar-refractivity contribution < 1.29 is 0 Å². The molecular weight excluding hydrogens is 170 g/mol. The molecule has 0 unspecified atom stereocenters. The Balaban J connectivity index is 2.95. The van der Waals surface area contributed by atoms with Crippen LogP contribution in [0.15, 0.2) is 5.11 Å². The SMILES string of the molecule is CC(C)CCSCCCN=[N+]=[N-]. The average Bonchev–Trinajstić information content (AvgIpc) is 2.02. The molecule has 0 aromatic heterocycles. The van der Waals surface area contributed by atoms with Crippen molar-refractivity contribution in [2.75, 3.05) is 18.1 Å². The molecule has 0 aliphatic carbocycles. The number of thioether (sulfide) groups is 1. The molecule has 0 radical (unpaired) electrons. The summed E-state index contributed by atoms with van der Waals surface area (Å²) in [6.07, 6.45) is 2.29. The van der Waals surface area contributed by atoms with Gasteiger partial charge in [-0.1, -0.05) is 19.0 Å². The Morgan fingerprint density at radius 1 is 1.42 bits per heavy atom. The van der Waals surface area contributed by atoms with Crippen molar-refractivity contribution in [3.63, 3.8) is 0 Å². The third-order valence-corrected chi connectivity index (χ3v) is 2.55. The molecule has 0 heterocycles. The molecule has 0 fully saturated rings. The van der Waals surface area contributed by atoms with Crippen LogP contribution in [0.4, 0.5) is 0 Å². The molecule has 3 nitrogen and oxygen atoms in total. The van der Waals surface area contributed by atoms with Crippen LogP contribution < -0.4 is 0 Å². The minimum atomic E-state index is 0.644. The lowest BCUT2D eigenvalue weighted by Gasteiger charge is -2.02. The van der Waals surface area contributed by atoms with Gasteiger partial charge in [-0.15, -0.1) is 0 Å². The van der Waals surface area contributed by atoms with Gasteiger partial charge in [-0.3, -0.25) is 0 Å². The minimum absolute atomic E-state index is 0.644. The lowest BCUT2D eigenvalue weighted by atomic mass is 10.2. The predicted molar refractivity (Wildman–Crippen MR) is 55.4 cm³/mol. The van der Waals surface area contributed by atoms with Crippen LogP contribution in [0.2, 0.25) is 0 Å². The molecule has 0 rings (SSSR count). The first-order valence-corrected chi connectivity index (χ1v) is 5.51. The molecule has 0 bridgehead atoms. The molecule has 0 amide bonds. The maximum absolute atomic E-state index is 7.99. The van der Waals surface area contributed by atoms with Gasteiger partial charge >= 0.3 is 0 Å². The van der Waals surface area contributed by atoms with E-state index in [0.717, 1.165) is 18.1 Å². The van der Waals surface area contributed by atoms with E-state index in [-0.39, 0.29) is 0 Å². The van der Waals surface area contributed by atoms with Crippen LogP contribution in [-0.2, 0) is 0 Å². The normalized spacial score (nSPS) is 9.92. The van der Waals surface area contributed by atoms with E-state index in [9.17, 15) is 0 Å². The minimum Gasteiger partial charge on any atom is -0.162 e. The highest BCUT2D eigenvalue weighted by molar-refractivity contribution is 7.99. The Morgan fingerprint density at radius 2 is 2.17 bits per heavy atom. The molecule has 4 heteroatoms. The summed E-state index contributed by atoms with van der Waals surface area (Å²) >= 11 is 1.95. The Morgan fingerprint density at radius 3 is 2.75 bits per heavy atom. The van der Waals surface area contributed by atoms with Gasteiger partial charge in [0, 0.05) is 11.5 Å². The standard InChI is InChI=1S/C8H17N3S/c1-8(2)4-7-12-6-3-5-10-11-9/h8H,3-7H2,1-2H3. The molecule has 12 heavy (non-hydrogen) atoms. The predicted octanol–water partition coefficient (Wildman–Crippen LogP) is 3.47. The summed E-state index contributed by atoms with van der Waals surface area (Å²) in [7, 11) is 0. The quantitative estimate of drug-likeness (QED) is 0.260. The van der Waals surface area contributed by atoms with Crippen molar-refractivity contribution in [1.29, 1.82) is 0 Å². The van der Waals surface area contributed by atoms with Crippen LogP contribution in [0.5, 0.6) is 0 Å². The number of rotatable bonds is 7. The largest absolute Gasteiger partial charge is 0.162 e. The van der Waals surface area contributed by atoms with Gasteiger partial charge in [0.15, 0.2) is 0 Å². The zero-order valence-electron chi connectivity index (χ0n) is 7.86. The van der Waals surface area contributed by atoms with Crippen molar-refractivity contribution in [2.24, 2.45) is 11.0 Å². The Hall–Kier alpha value is -0.340. The zero-order valence-corrected chi connectivity index (χ0v) is 8.68. The molecule has 0 aliphatic heterocycles. The molecule has 0 saturated heterocycles. The van der Waals surface area contributed by atoms with Crippen LogP contribution in [0.25, 0.3) is 10.4 Å². The van der Waals surface area contributed by atoms with E-state index in [1.165, 1.54) is 12.2 Å². The van der Waals surface area contributed by atoms with Crippen molar-refractivity contribution in [3.8, 4) is 0 Å². The van der Waals surface area contributed by atoms with E-state index in [2.05, 4.69) is 23.9 Å². The molecule has 0 spiro atoms. The first-order chi connectivity index (χ1) is 5.77. The van der Waals surface area contributed by atoms with Crippen LogP contribution in [0.3, 0.4) is 0 Å². The molecule has 0 aromatic carbocycles. The Kier molecular flexibility index (Phi) is 8.51. The summed E-state index contributed by atoms with van der Waals surface area (Å²) in [5.41, 5.74) is 7.99. The fourth-order valence-electron chi connectivity index (χ4n) is 0.703. The summed E-state index contributed by atoms with van der Waals surface area (Å²) in [6.45, 7) is 5.12. The second-order valence-electron chi connectivity index (χ2n) is 3.10. The monoisotopic (exact) mass is 187 g/mol. The Labute approximate surface area is 78.6 Å². The van der Waals surface area contributed by atoms with E-state index in [1.54, 1.807) is 0 Å². The highest BCUT2D eigenvalue weighted by Crippen LogP contribution is 2.09. The molecule has 70 valence electrons. The third kappa shape index (κ3) is 9.66. The van der Waals surface area contributed by atoms with Gasteiger partial charge < -0.3 is 0 Å². The maximum atomic E-state index is 7.99. The van der Waals surface area contributed by atoms with Crippen LogP contribution >= 0.6 is 11.8 Å². The van der Waals surface area contributed by atoms with Crippen molar-refractivity contribution >= 4 is 11.8 Å². The molecular formula is C8H17N3S. The second-order valence-corrected chi connectivity index (χ2v) is 4.33. The van der Waals surface area contributed by atoms with E-state index in [4.69, 9.17) is 5.53 Å². The van der Waals surface area contributed by atoms with Crippen LogP contribution in [0.1, 0.15) is 26.7 Å². The zero-order chi connectivity index (χ0) is 9.23. The van der Waals surface area contributed by atoms with E-state index in [1.807, 2.05) is 11.8 Å². The molecule has 0 aliphatic rings. The van der Waals surface area contributed by atoms with Crippen molar-refractivity contribution in [2.45, 2.75) is 26.7 Å². The van der Waals surface area contributed by atoms with E-state index < -0.39 is 0 Å². The fraction of sp³-hybridized carbons (Fsp3) is 1.00. The molecule has 0 atom stereocenters. The second kappa shape index (κ2) is 8.75. The molecule has 0 N–H and O–H groups in total. The average molecular weight is 187 g/mol. The van der Waals surface area contributed by atoms with Gasteiger partial charge in [-0.2, -0.15) is 11.8 Å². The maximum Gasteiger partial charge on any atom is 0.0265 e. The summed E-state index contributed by atoms with van der Waals surface area (Å²) in [5, 5.41) is 3.47. The van der Waals surface area contributed by atoms with E-state index in [0.29, 0.717) is 6.54 Å². The van der Waals surface area contributed by atoms with Crippen molar-refractivity contribution in [1.82, 2.24) is 0 Å². The number of hydrogen-bond donors (Lipinski definition) is 0. The topological polar surface area (TPSA) is 48.8 Å². The number of nitrogens with zero attached hydrogens (tertiary/aromatic N) is 3. The lowest BCUT2D eigenvalue weighted by molar-refractivity contribution is 0.632. The first-order valence-electron chi connectivity index (χ1n) is 4.36. The number of azide groups is 1. The van der Waals surface area contributed by atoms with Gasteiger partial charge in [0.2, 0.25) is 0 Å². The lowest BCUT2D eigenvalue weighted by Crippen LogP contribution is -1.91. The van der Waals surface area contributed by atoms with Gasteiger partial charge in [-0.25, -0.2) is 0 Å². The van der Waals surface area contributed by atoms with Crippen molar-refractivity contribution in [3.05, 3.63) is 10.4 Å². The van der Waals surface area contributed by atoms with Gasteiger partial charge in [0.25, 0.3) is 0 Å². The van der Waals surface area contributed by atoms with Gasteiger partial charge in [0.05, 0.1) is 0 Å². The summed E-state index contributed by atoms with van der Waals surface area (Å²) in [6, 6.07) is 0. The highest BCUT2D eigenvalue weighted by atomic mass is 32.2.